The molecule has 1 aliphatic rings. The Morgan fingerprint density at radius 2 is 1.73 bits per heavy atom. The number of nitrogens with zero attached hydrogens (tertiary/aromatic N) is 7. The SMILES string of the molecule is Cn1cc(-c2c[nH]c(C(=NC=N)N3CCN(c4ncc(C(C)(C)c5ccc(F)cc5)cn4)CC3)c2)cn1. The van der Waals surface area contributed by atoms with E-state index in [-0.39, 0.29) is 11.2 Å². The van der Waals surface area contributed by atoms with E-state index in [0.717, 1.165) is 66.3 Å². The predicted molar refractivity (Wildman–Crippen MR) is 143 cm³/mol. The Morgan fingerprint density at radius 3 is 2.35 bits per heavy atom. The fourth-order valence-electron chi connectivity index (χ4n) is 4.60. The summed E-state index contributed by atoms with van der Waals surface area (Å²) in [6, 6.07) is 8.61. The number of aliphatic imine (C=N–C) groups is 1. The first kappa shape index (κ1) is 24.4. The molecule has 0 bridgehead atoms. The molecule has 1 aromatic carbocycles. The summed E-state index contributed by atoms with van der Waals surface area (Å²) < 4.78 is 15.1. The van der Waals surface area contributed by atoms with Crippen molar-refractivity contribution in [3.8, 4) is 11.1 Å². The first-order valence-corrected chi connectivity index (χ1v) is 12.2. The van der Waals surface area contributed by atoms with Gasteiger partial charge in [0.25, 0.3) is 0 Å². The van der Waals surface area contributed by atoms with E-state index in [1.165, 1.54) is 12.1 Å². The van der Waals surface area contributed by atoms with Gasteiger partial charge in [-0.25, -0.2) is 19.4 Å². The molecule has 190 valence electrons. The lowest BCUT2D eigenvalue weighted by Crippen LogP contribution is -2.49. The van der Waals surface area contributed by atoms with Crippen LogP contribution in [0, 0.1) is 11.2 Å². The molecule has 3 aromatic heterocycles. The van der Waals surface area contributed by atoms with Gasteiger partial charge in [-0.15, -0.1) is 0 Å². The van der Waals surface area contributed by atoms with Gasteiger partial charge in [0.15, 0.2) is 5.84 Å². The van der Waals surface area contributed by atoms with E-state index in [1.54, 1.807) is 16.8 Å². The molecule has 0 saturated carbocycles. The molecule has 5 rings (SSSR count). The Hall–Kier alpha value is -4.34. The number of aromatic nitrogens is 5. The van der Waals surface area contributed by atoms with Gasteiger partial charge in [-0.3, -0.25) is 10.1 Å². The smallest absolute Gasteiger partial charge is 0.225 e. The minimum atomic E-state index is -0.340. The monoisotopic (exact) mass is 499 g/mol. The van der Waals surface area contributed by atoms with Crippen LogP contribution in [-0.4, -0.2) is 68.0 Å². The largest absolute Gasteiger partial charge is 0.358 e. The van der Waals surface area contributed by atoms with Crippen molar-refractivity contribution >= 4 is 18.1 Å². The Labute approximate surface area is 215 Å². The zero-order valence-electron chi connectivity index (χ0n) is 21.2. The van der Waals surface area contributed by atoms with Gasteiger partial charge in [0.05, 0.1) is 11.9 Å². The summed E-state index contributed by atoms with van der Waals surface area (Å²) in [6.07, 6.45) is 10.5. The van der Waals surface area contributed by atoms with Crippen molar-refractivity contribution in [3.05, 3.63) is 84.0 Å². The average molecular weight is 500 g/mol. The van der Waals surface area contributed by atoms with Crippen LogP contribution in [0.1, 0.15) is 30.7 Å². The van der Waals surface area contributed by atoms with Crippen molar-refractivity contribution in [3.63, 3.8) is 0 Å². The van der Waals surface area contributed by atoms with Crippen molar-refractivity contribution in [2.75, 3.05) is 31.1 Å². The van der Waals surface area contributed by atoms with Gasteiger partial charge >= 0.3 is 0 Å². The van der Waals surface area contributed by atoms with E-state index in [9.17, 15) is 4.39 Å². The maximum absolute atomic E-state index is 13.4. The van der Waals surface area contributed by atoms with Crippen LogP contribution in [0.3, 0.4) is 0 Å². The van der Waals surface area contributed by atoms with Crippen LogP contribution in [0.2, 0.25) is 0 Å². The van der Waals surface area contributed by atoms with Gasteiger partial charge in [-0.1, -0.05) is 26.0 Å². The molecule has 2 N–H and O–H groups in total. The lowest BCUT2D eigenvalue weighted by molar-refractivity contribution is 0.383. The van der Waals surface area contributed by atoms with Crippen molar-refractivity contribution in [1.29, 1.82) is 5.41 Å². The fourth-order valence-corrected chi connectivity index (χ4v) is 4.60. The van der Waals surface area contributed by atoms with Gasteiger partial charge in [0.1, 0.15) is 12.2 Å². The lowest BCUT2D eigenvalue weighted by Gasteiger charge is -2.36. The molecule has 9 nitrogen and oxygen atoms in total. The van der Waals surface area contributed by atoms with Crippen molar-refractivity contribution in [1.82, 2.24) is 29.6 Å². The topological polar surface area (TPSA) is 102 Å². The van der Waals surface area contributed by atoms with Gasteiger partial charge in [0.2, 0.25) is 5.95 Å². The number of hydrogen-bond donors (Lipinski definition) is 2. The molecular formula is C27H30FN9. The van der Waals surface area contributed by atoms with Crippen molar-refractivity contribution < 1.29 is 4.39 Å². The van der Waals surface area contributed by atoms with Gasteiger partial charge < -0.3 is 14.8 Å². The number of anilines is 1. The number of amidine groups is 1. The summed E-state index contributed by atoms with van der Waals surface area (Å²) in [7, 11) is 1.89. The highest BCUT2D eigenvalue weighted by Crippen LogP contribution is 2.31. The molecule has 0 spiro atoms. The molecule has 0 amide bonds. The standard InChI is InChI=1S/C27H30FN9/c1-27(2,21-4-6-23(28)7-5-21)22-15-31-26(32-16-22)37-10-8-36(9-11-37)25(33-18-29)24-12-19(13-30-24)20-14-34-35(3)17-20/h4-7,12-18,29-30H,8-11H2,1-3H3. The van der Waals surface area contributed by atoms with E-state index in [2.05, 4.69) is 48.7 Å². The number of rotatable bonds is 6. The van der Waals surface area contributed by atoms with Crippen molar-refractivity contribution in [2.45, 2.75) is 19.3 Å². The maximum atomic E-state index is 13.4. The summed E-state index contributed by atoms with van der Waals surface area (Å²) in [5, 5.41) is 11.8. The minimum absolute atomic E-state index is 0.246. The molecule has 37 heavy (non-hydrogen) atoms. The highest BCUT2D eigenvalue weighted by Gasteiger charge is 2.26. The summed E-state index contributed by atoms with van der Waals surface area (Å²) in [4.78, 5) is 21.3. The predicted octanol–water partition coefficient (Wildman–Crippen LogP) is 3.85. The molecule has 1 aliphatic heterocycles. The second kappa shape index (κ2) is 9.96. The highest BCUT2D eigenvalue weighted by atomic mass is 19.1. The number of hydrogen-bond acceptors (Lipinski definition) is 5. The minimum Gasteiger partial charge on any atom is -0.358 e. The molecule has 1 saturated heterocycles. The van der Waals surface area contributed by atoms with Gasteiger partial charge in [-0.05, 0) is 29.3 Å². The fraction of sp³-hybridized carbons (Fsp3) is 0.296. The summed E-state index contributed by atoms with van der Waals surface area (Å²) in [5.41, 5.74) is 4.54. The van der Waals surface area contributed by atoms with Crippen LogP contribution in [0.5, 0.6) is 0 Å². The van der Waals surface area contributed by atoms with Crippen LogP contribution >= 0.6 is 0 Å². The third-order valence-electron chi connectivity index (χ3n) is 6.94. The van der Waals surface area contributed by atoms with Crippen LogP contribution in [0.25, 0.3) is 11.1 Å². The number of piperazine rings is 1. The molecule has 10 heteroatoms. The van der Waals surface area contributed by atoms with E-state index in [0.29, 0.717) is 5.95 Å². The molecule has 4 heterocycles. The van der Waals surface area contributed by atoms with Gasteiger partial charge in [-0.2, -0.15) is 5.10 Å². The number of halogens is 1. The lowest BCUT2D eigenvalue weighted by atomic mass is 9.79. The number of benzene rings is 1. The highest BCUT2D eigenvalue weighted by molar-refractivity contribution is 6.01. The third kappa shape index (κ3) is 5.00. The van der Waals surface area contributed by atoms with E-state index < -0.39 is 0 Å². The Balaban J connectivity index is 1.26. The first-order chi connectivity index (χ1) is 17.8. The Bertz CT molecular complexity index is 1390. The molecule has 4 aromatic rings. The number of aromatic amines is 1. The zero-order chi connectivity index (χ0) is 26.0. The normalized spacial score (nSPS) is 14.8. The average Bonchev–Trinajstić information content (AvgIpc) is 3.57. The summed E-state index contributed by atoms with van der Waals surface area (Å²) >= 11 is 0. The Morgan fingerprint density at radius 1 is 1.03 bits per heavy atom. The number of aryl methyl sites for hydroxylation is 1. The van der Waals surface area contributed by atoms with Crippen LogP contribution in [-0.2, 0) is 12.5 Å². The van der Waals surface area contributed by atoms with E-state index >= 15 is 0 Å². The third-order valence-corrected chi connectivity index (χ3v) is 6.94. The molecule has 0 aliphatic carbocycles. The second-order valence-corrected chi connectivity index (χ2v) is 9.66. The zero-order valence-corrected chi connectivity index (χ0v) is 21.2. The van der Waals surface area contributed by atoms with Gasteiger partial charge in [0, 0.05) is 74.6 Å². The summed E-state index contributed by atoms with van der Waals surface area (Å²) in [6.45, 7) is 7.08. The second-order valence-electron chi connectivity index (χ2n) is 9.66. The molecule has 1 fully saturated rings. The van der Waals surface area contributed by atoms with Crippen LogP contribution in [0.15, 0.2) is 66.3 Å². The maximum Gasteiger partial charge on any atom is 0.225 e. The van der Waals surface area contributed by atoms with Crippen molar-refractivity contribution in [2.24, 2.45) is 12.0 Å². The quantitative estimate of drug-likeness (QED) is 0.310. The summed E-state index contributed by atoms with van der Waals surface area (Å²) in [5.74, 6) is 1.18. The van der Waals surface area contributed by atoms with E-state index in [1.807, 2.05) is 44.1 Å². The van der Waals surface area contributed by atoms with E-state index in [4.69, 9.17) is 5.41 Å². The Kier molecular flexibility index (Phi) is 6.56. The molecule has 0 radical (unpaired) electrons. The molecule has 0 unspecified atom stereocenters. The first-order valence-electron chi connectivity index (χ1n) is 12.2. The van der Waals surface area contributed by atoms with Crippen LogP contribution < -0.4 is 4.90 Å². The van der Waals surface area contributed by atoms with Crippen LogP contribution in [0.4, 0.5) is 10.3 Å². The number of nitrogens with one attached hydrogen (secondary N) is 2. The molecular weight excluding hydrogens is 469 g/mol. The number of H-pyrrole nitrogens is 1. The molecule has 0 atom stereocenters.